The van der Waals surface area contributed by atoms with Crippen molar-refractivity contribution in [3.05, 3.63) is 77.5 Å². The number of hydrogen-bond acceptors (Lipinski definition) is 2. The standard InChI is InChI=1S/C18H16N2O2/c21-18(22)11-14-8-6-13(7-9-14)10-16-12-17(20-19-16)15-4-2-1-3-5-15/h1-9,12H,10-11H2,(H,19,20)(H,21,22). The van der Waals surface area contributed by atoms with Gasteiger partial charge < -0.3 is 5.11 Å². The van der Waals surface area contributed by atoms with Gasteiger partial charge in [-0.15, -0.1) is 0 Å². The van der Waals surface area contributed by atoms with Crippen LogP contribution in [0.5, 0.6) is 0 Å². The van der Waals surface area contributed by atoms with E-state index in [-0.39, 0.29) is 6.42 Å². The number of aliphatic carboxylic acids is 1. The highest BCUT2D eigenvalue weighted by Crippen LogP contribution is 2.18. The SMILES string of the molecule is O=C(O)Cc1ccc(Cc2cc(-c3ccccc3)n[nH]2)cc1. The van der Waals surface area contributed by atoms with Crippen LogP contribution >= 0.6 is 0 Å². The van der Waals surface area contributed by atoms with Gasteiger partial charge in [0.15, 0.2) is 0 Å². The van der Waals surface area contributed by atoms with E-state index in [2.05, 4.69) is 10.2 Å². The van der Waals surface area contributed by atoms with Gasteiger partial charge >= 0.3 is 5.97 Å². The first-order valence-electron chi connectivity index (χ1n) is 7.10. The van der Waals surface area contributed by atoms with Gasteiger partial charge in [-0.3, -0.25) is 9.89 Å². The Bertz CT molecular complexity index is 761. The Labute approximate surface area is 128 Å². The van der Waals surface area contributed by atoms with E-state index in [1.165, 1.54) is 0 Å². The summed E-state index contributed by atoms with van der Waals surface area (Å²) >= 11 is 0. The number of hydrogen-bond donors (Lipinski definition) is 2. The molecule has 0 amide bonds. The van der Waals surface area contributed by atoms with E-state index in [1.54, 1.807) is 0 Å². The highest BCUT2D eigenvalue weighted by atomic mass is 16.4. The molecule has 0 saturated carbocycles. The fourth-order valence-electron chi connectivity index (χ4n) is 2.38. The zero-order chi connectivity index (χ0) is 15.4. The number of carbonyl (C=O) groups is 1. The molecule has 110 valence electrons. The molecule has 0 atom stereocenters. The number of carboxylic acids is 1. The summed E-state index contributed by atoms with van der Waals surface area (Å²) in [5.74, 6) is -0.811. The van der Waals surface area contributed by atoms with E-state index in [1.807, 2.05) is 60.7 Å². The van der Waals surface area contributed by atoms with Gasteiger partial charge in [0.1, 0.15) is 0 Å². The van der Waals surface area contributed by atoms with Gasteiger partial charge in [0.05, 0.1) is 12.1 Å². The smallest absolute Gasteiger partial charge is 0.307 e. The largest absolute Gasteiger partial charge is 0.481 e. The first-order valence-corrected chi connectivity index (χ1v) is 7.10. The number of aromatic amines is 1. The molecule has 0 aliphatic rings. The number of rotatable bonds is 5. The lowest BCUT2D eigenvalue weighted by Gasteiger charge is -2.01. The lowest BCUT2D eigenvalue weighted by Crippen LogP contribution is -2.00. The molecule has 0 spiro atoms. The van der Waals surface area contributed by atoms with Crippen molar-refractivity contribution in [1.29, 1.82) is 0 Å². The van der Waals surface area contributed by atoms with Crippen LogP contribution in [0.4, 0.5) is 0 Å². The number of nitrogens with zero attached hydrogens (tertiary/aromatic N) is 1. The van der Waals surface area contributed by atoms with Gasteiger partial charge in [-0.25, -0.2) is 0 Å². The van der Waals surface area contributed by atoms with Crippen molar-refractivity contribution >= 4 is 5.97 Å². The van der Waals surface area contributed by atoms with Crippen molar-refractivity contribution in [2.45, 2.75) is 12.8 Å². The summed E-state index contributed by atoms with van der Waals surface area (Å²) < 4.78 is 0. The predicted molar refractivity (Wildman–Crippen MR) is 84.6 cm³/mol. The Morgan fingerprint density at radius 3 is 2.36 bits per heavy atom. The summed E-state index contributed by atoms with van der Waals surface area (Å²) in [6.45, 7) is 0. The molecule has 0 fully saturated rings. The monoisotopic (exact) mass is 292 g/mol. The Balaban J connectivity index is 1.71. The summed E-state index contributed by atoms with van der Waals surface area (Å²) in [5, 5.41) is 16.2. The van der Waals surface area contributed by atoms with Crippen LogP contribution in [0.15, 0.2) is 60.7 Å². The maximum atomic E-state index is 10.7. The normalized spacial score (nSPS) is 10.5. The molecule has 0 unspecified atom stereocenters. The minimum Gasteiger partial charge on any atom is -0.481 e. The third-order valence-electron chi connectivity index (χ3n) is 3.47. The molecule has 0 bridgehead atoms. The third-order valence-corrected chi connectivity index (χ3v) is 3.47. The van der Waals surface area contributed by atoms with Crippen molar-refractivity contribution in [3.63, 3.8) is 0 Å². The molecule has 0 aliphatic heterocycles. The molecule has 0 saturated heterocycles. The third kappa shape index (κ3) is 3.41. The van der Waals surface area contributed by atoms with E-state index in [0.717, 1.165) is 34.5 Å². The zero-order valence-electron chi connectivity index (χ0n) is 12.0. The summed E-state index contributed by atoms with van der Waals surface area (Å²) in [5.41, 5.74) is 4.98. The Hall–Kier alpha value is -2.88. The molecule has 1 heterocycles. The molecule has 22 heavy (non-hydrogen) atoms. The van der Waals surface area contributed by atoms with E-state index < -0.39 is 5.97 Å². The summed E-state index contributed by atoms with van der Waals surface area (Å²) in [6.07, 6.45) is 0.801. The molecule has 0 radical (unpaired) electrons. The van der Waals surface area contributed by atoms with Gasteiger partial charge in [-0.05, 0) is 17.2 Å². The van der Waals surface area contributed by atoms with Crippen LogP contribution in [0.1, 0.15) is 16.8 Å². The Morgan fingerprint density at radius 1 is 1.00 bits per heavy atom. The lowest BCUT2D eigenvalue weighted by atomic mass is 10.1. The quantitative estimate of drug-likeness (QED) is 0.758. The Morgan fingerprint density at radius 2 is 1.68 bits per heavy atom. The van der Waals surface area contributed by atoms with Crippen molar-refractivity contribution in [1.82, 2.24) is 10.2 Å². The zero-order valence-corrected chi connectivity index (χ0v) is 12.0. The molecule has 4 heteroatoms. The molecule has 3 aromatic rings. The molecular formula is C18H16N2O2. The molecule has 1 aromatic heterocycles. The first-order chi connectivity index (χ1) is 10.7. The predicted octanol–water partition coefficient (Wildman–Crippen LogP) is 3.29. The van der Waals surface area contributed by atoms with E-state index in [0.29, 0.717) is 0 Å². The van der Waals surface area contributed by atoms with Crippen LogP contribution in [-0.2, 0) is 17.6 Å². The summed E-state index contributed by atoms with van der Waals surface area (Å²) in [6, 6.07) is 19.7. The summed E-state index contributed by atoms with van der Waals surface area (Å²) in [7, 11) is 0. The minimum absolute atomic E-state index is 0.0580. The van der Waals surface area contributed by atoms with Crippen LogP contribution in [-0.4, -0.2) is 21.3 Å². The van der Waals surface area contributed by atoms with E-state index in [4.69, 9.17) is 5.11 Å². The van der Waals surface area contributed by atoms with Crippen molar-refractivity contribution in [2.24, 2.45) is 0 Å². The van der Waals surface area contributed by atoms with E-state index >= 15 is 0 Å². The molecular weight excluding hydrogens is 276 g/mol. The average molecular weight is 292 g/mol. The average Bonchev–Trinajstić information content (AvgIpc) is 2.98. The second-order valence-corrected chi connectivity index (χ2v) is 5.21. The molecule has 4 nitrogen and oxygen atoms in total. The van der Waals surface area contributed by atoms with Gasteiger partial charge in [0.25, 0.3) is 0 Å². The Kier molecular flexibility index (Phi) is 4.01. The molecule has 2 N–H and O–H groups in total. The summed E-state index contributed by atoms with van der Waals surface area (Å²) in [4.78, 5) is 10.7. The molecule has 0 aliphatic carbocycles. The minimum atomic E-state index is -0.811. The maximum Gasteiger partial charge on any atom is 0.307 e. The van der Waals surface area contributed by atoms with Gasteiger partial charge in [0, 0.05) is 17.7 Å². The fourth-order valence-corrected chi connectivity index (χ4v) is 2.38. The number of aromatic nitrogens is 2. The van der Waals surface area contributed by atoms with Crippen LogP contribution in [0.3, 0.4) is 0 Å². The number of benzene rings is 2. The van der Waals surface area contributed by atoms with Gasteiger partial charge in [-0.2, -0.15) is 5.10 Å². The second kappa shape index (κ2) is 6.26. The van der Waals surface area contributed by atoms with Crippen molar-refractivity contribution in [3.8, 4) is 11.3 Å². The van der Waals surface area contributed by atoms with Crippen LogP contribution in [0, 0.1) is 0 Å². The van der Waals surface area contributed by atoms with Crippen molar-refractivity contribution in [2.75, 3.05) is 0 Å². The number of H-pyrrole nitrogens is 1. The number of nitrogens with one attached hydrogen (secondary N) is 1. The number of carboxylic acid groups (broad SMARTS) is 1. The molecule has 3 rings (SSSR count). The van der Waals surface area contributed by atoms with Crippen LogP contribution in [0.25, 0.3) is 11.3 Å². The van der Waals surface area contributed by atoms with Gasteiger partial charge in [-0.1, -0.05) is 54.6 Å². The van der Waals surface area contributed by atoms with Crippen LogP contribution in [0.2, 0.25) is 0 Å². The topological polar surface area (TPSA) is 66.0 Å². The highest BCUT2D eigenvalue weighted by molar-refractivity contribution is 5.70. The molecule has 2 aromatic carbocycles. The van der Waals surface area contributed by atoms with Crippen LogP contribution < -0.4 is 0 Å². The fraction of sp³-hybridized carbons (Fsp3) is 0.111. The highest BCUT2D eigenvalue weighted by Gasteiger charge is 2.05. The first kappa shape index (κ1) is 14.1. The van der Waals surface area contributed by atoms with Gasteiger partial charge in [0.2, 0.25) is 0 Å². The maximum absolute atomic E-state index is 10.7. The lowest BCUT2D eigenvalue weighted by molar-refractivity contribution is -0.136. The van der Waals surface area contributed by atoms with Crippen molar-refractivity contribution < 1.29 is 9.90 Å². The second-order valence-electron chi connectivity index (χ2n) is 5.21. The van der Waals surface area contributed by atoms with E-state index in [9.17, 15) is 4.79 Å².